The summed E-state index contributed by atoms with van der Waals surface area (Å²) >= 11 is 9.46. The van der Waals surface area contributed by atoms with Crippen LogP contribution in [0.5, 0.6) is 0 Å². The number of halogens is 2. The highest BCUT2D eigenvalue weighted by atomic mass is 79.9. The lowest BCUT2D eigenvalue weighted by molar-refractivity contribution is 0.596. The van der Waals surface area contributed by atoms with Crippen molar-refractivity contribution in [3.8, 4) is 28.2 Å². The van der Waals surface area contributed by atoms with Crippen LogP contribution in [-0.4, -0.2) is 18.2 Å². The quantitative estimate of drug-likeness (QED) is 0.425. The predicted octanol–water partition coefficient (Wildman–Crippen LogP) is 5.27. The molecule has 4 rings (SSSR count). The normalized spacial score (nSPS) is 11.6. The average Bonchev–Trinajstić information content (AvgIpc) is 3.14. The fourth-order valence-corrected chi connectivity index (χ4v) is 4.13. The second kappa shape index (κ2) is 7.76. The van der Waals surface area contributed by atoms with Gasteiger partial charge in [-0.2, -0.15) is 5.10 Å². The highest BCUT2D eigenvalue weighted by Gasteiger charge is 2.20. The molecule has 146 valence electrons. The Morgan fingerprint density at radius 1 is 0.897 bits per heavy atom. The summed E-state index contributed by atoms with van der Waals surface area (Å²) in [5.41, 5.74) is 3.54. The molecule has 0 radical (unpaired) electrons. The minimum absolute atomic E-state index is 0.000620. The number of nitrogens with zero attached hydrogens (tertiary/aromatic N) is 2. The molecule has 0 saturated heterocycles. The van der Waals surface area contributed by atoms with Crippen LogP contribution in [0.4, 0.5) is 0 Å². The van der Waals surface area contributed by atoms with Crippen LogP contribution in [-0.2, 0) is 10.0 Å². The number of rotatable bonds is 4. The van der Waals surface area contributed by atoms with Crippen LogP contribution in [0.3, 0.4) is 0 Å². The molecule has 2 N–H and O–H groups in total. The first-order valence-corrected chi connectivity index (χ1v) is 11.3. The first-order chi connectivity index (χ1) is 13.8. The molecular formula is C21H15BrClN3O2S. The number of aromatic nitrogens is 2. The first-order valence-electron chi connectivity index (χ1n) is 8.57. The van der Waals surface area contributed by atoms with Gasteiger partial charge in [-0.05, 0) is 42.5 Å². The van der Waals surface area contributed by atoms with Crippen LogP contribution in [0.2, 0.25) is 5.02 Å². The zero-order valence-corrected chi connectivity index (χ0v) is 18.1. The van der Waals surface area contributed by atoms with Crippen molar-refractivity contribution in [3.05, 3.63) is 88.4 Å². The third kappa shape index (κ3) is 4.13. The third-order valence-corrected chi connectivity index (χ3v) is 6.13. The molecular weight excluding hydrogens is 474 g/mol. The second-order valence-corrected chi connectivity index (χ2v) is 9.24. The van der Waals surface area contributed by atoms with Gasteiger partial charge in [-0.1, -0.05) is 63.9 Å². The Morgan fingerprint density at radius 3 is 2.17 bits per heavy atom. The topological polar surface area (TPSA) is 78.0 Å². The molecule has 0 atom stereocenters. The summed E-state index contributed by atoms with van der Waals surface area (Å²) < 4.78 is 26.8. The predicted molar refractivity (Wildman–Crippen MR) is 119 cm³/mol. The molecule has 0 aliphatic carbocycles. The van der Waals surface area contributed by atoms with Crippen LogP contribution in [0.1, 0.15) is 0 Å². The number of sulfonamides is 1. The van der Waals surface area contributed by atoms with Crippen molar-refractivity contribution in [2.75, 3.05) is 0 Å². The number of benzene rings is 3. The zero-order chi connectivity index (χ0) is 20.6. The Morgan fingerprint density at radius 2 is 1.52 bits per heavy atom. The summed E-state index contributed by atoms with van der Waals surface area (Å²) in [6, 6.07) is 23.4. The van der Waals surface area contributed by atoms with Gasteiger partial charge in [0.05, 0.1) is 17.1 Å². The van der Waals surface area contributed by atoms with E-state index < -0.39 is 10.0 Å². The maximum atomic E-state index is 12.1. The highest BCUT2D eigenvalue weighted by Crippen LogP contribution is 2.31. The van der Waals surface area contributed by atoms with Crippen molar-refractivity contribution in [1.29, 1.82) is 0 Å². The van der Waals surface area contributed by atoms with Crippen LogP contribution >= 0.6 is 27.5 Å². The Bertz CT molecular complexity index is 1280. The molecule has 0 aliphatic heterocycles. The average molecular weight is 489 g/mol. The number of primary sulfonamides is 1. The summed E-state index contributed by atoms with van der Waals surface area (Å²) in [4.78, 5) is 0.000620. The lowest BCUT2D eigenvalue weighted by atomic mass is 10.1. The standard InChI is InChI=1S/C21H15BrClN3O2S/c22-16-9-5-14(6-10-16)18-13-20(15-7-11-17(23)12-8-15)26(25-18)19-3-1-2-4-21(19)29(24,27)28/h1-13H,(H2,24,27,28). The van der Waals surface area contributed by atoms with Crippen molar-refractivity contribution in [3.63, 3.8) is 0 Å². The van der Waals surface area contributed by atoms with E-state index in [9.17, 15) is 8.42 Å². The van der Waals surface area contributed by atoms with Crippen LogP contribution in [0.25, 0.3) is 28.2 Å². The molecule has 0 spiro atoms. The fraction of sp³-hybridized carbons (Fsp3) is 0. The molecule has 0 aliphatic rings. The maximum Gasteiger partial charge on any atom is 0.240 e. The van der Waals surface area contributed by atoms with Gasteiger partial charge in [-0.25, -0.2) is 18.2 Å². The Balaban J connectivity index is 1.98. The fourth-order valence-electron chi connectivity index (χ4n) is 3.03. The molecule has 4 aromatic rings. The van der Waals surface area contributed by atoms with E-state index >= 15 is 0 Å². The summed E-state index contributed by atoms with van der Waals surface area (Å²) in [7, 11) is -3.94. The molecule has 0 fully saturated rings. The van der Waals surface area contributed by atoms with Crippen molar-refractivity contribution >= 4 is 37.6 Å². The van der Waals surface area contributed by atoms with Crippen molar-refractivity contribution in [2.24, 2.45) is 5.14 Å². The van der Waals surface area contributed by atoms with E-state index in [1.807, 2.05) is 42.5 Å². The SMILES string of the molecule is NS(=O)(=O)c1ccccc1-n1nc(-c2ccc(Br)cc2)cc1-c1ccc(Cl)cc1. The summed E-state index contributed by atoms with van der Waals surface area (Å²) in [5.74, 6) is 0. The van der Waals surface area contributed by atoms with Gasteiger partial charge in [0.25, 0.3) is 0 Å². The van der Waals surface area contributed by atoms with Crippen LogP contribution < -0.4 is 5.14 Å². The van der Waals surface area contributed by atoms with Gasteiger partial charge in [0.2, 0.25) is 10.0 Å². The molecule has 8 heteroatoms. The van der Waals surface area contributed by atoms with Gasteiger partial charge in [-0.15, -0.1) is 0 Å². The minimum atomic E-state index is -3.94. The molecule has 29 heavy (non-hydrogen) atoms. The van der Waals surface area contributed by atoms with E-state index in [0.717, 1.165) is 21.3 Å². The lowest BCUT2D eigenvalue weighted by Crippen LogP contribution is -2.16. The van der Waals surface area contributed by atoms with Gasteiger partial charge >= 0.3 is 0 Å². The van der Waals surface area contributed by atoms with Crippen molar-refractivity contribution in [2.45, 2.75) is 4.90 Å². The van der Waals surface area contributed by atoms with E-state index in [4.69, 9.17) is 21.8 Å². The van der Waals surface area contributed by atoms with Gasteiger partial charge in [0.15, 0.2) is 0 Å². The molecule has 0 bridgehead atoms. The van der Waals surface area contributed by atoms with E-state index in [1.165, 1.54) is 6.07 Å². The smallest absolute Gasteiger partial charge is 0.231 e. The third-order valence-electron chi connectivity index (χ3n) is 4.39. The van der Waals surface area contributed by atoms with Gasteiger partial charge in [0.1, 0.15) is 4.90 Å². The number of hydrogen-bond donors (Lipinski definition) is 1. The first kappa shape index (κ1) is 19.8. The molecule has 5 nitrogen and oxygen atoms in total. The summed E-state index contributed by atoms with van der Waals surface area (Å²) in [6.07, 6.45) is 0. The van der Waals surface area contributed by atoms with Gasteiger partial charge in [-0.3, -0.25) is 0 Å². The molecule has 0 saturated carbocycles. The largest absolute Gasteiger partial charge is 0.240 e. The maximum absolute atomic E-state index is 12.1. The molecule has 0 amide bonds. The van der Waals surface area contributed by atoms with Gasteiger partial charge < -0.3 is 0 Å². The molecule has 1 aromatic heterocycles. The number of para-hydroxylation sites is 1. The van der Waals surface area contributed by atoms with Crippen molar-refractivity contribution < 1.29 is 8.42 Å². The highest BCUT2D eigenvalue weighted by molar-refractivity contribution is 9.10. The van der Waals surface area contributed by atoms with Crippen molar-refractivity contribution in [1.82, 2.24) is 9.78 Å². The van der Waals surface area contributed by atoms with E-state index in [0.29, 0.717) is 16.4 Å². The summed E-state index contributed by atoms with van der Waals surface area (Å²) in [5, 5.41) is 10.8. The van der Waals surface area contributed by atoms with Crippen LogP contribution in [0.15, 0.2) is 88.2 Å². The minimum Gasteiger partial charge on any atom is -0.231 e. The number of nitrogens with two attached hydrogens (primary N) is 1. The molecule has 0 unspecified atom stereocenters. The van der Waals surface area contributed by atoms with Crippen LogP contribution in [0, 0.1) is 0 Å². The Hall–Kier alpha value is -2.45. The number of hydrogen-bond acceptors (Lipinski definition) is 3. The molecule has 1 heterocycles. The summed E-state index contributed by atoms with van der Waals surface area (Å²) in [6.45, 7) is 0. The van der Waals surface area contributed by atoms with E-state index in [1.54, 1.807) is 35.0 Å². The lowest BCUT2D eigenvalue weighted by Gasteiger charge is -2.11. The zero-order valence-electron chi connectivity index (χ0n) is 15.0. The Kier molecular flexibility index (Phi) is 5.31. The Labute approximate surface area is 181 Å². The van der Waals surface area contributed by atoms with Gasteiger partial charge in [0, 0.05) is 20.6 Å². The monoisotopic (exact) mass is 487 g/mol. The second-order valence-electron chi connectivity index (χ2n) is 6.35. The van der Waals surface area contributed by atoms with E-state index in [-0.39, 0.29) is 4.90 Å². The van der Waals surface area contributed by atoms with E-state index in [2.05, 4.69) is 15.9 Å². The molecule has 3 aromatic carbocycles.